The van der Waals surface area contributed by atoms with E-state index in [-0.39, 0.29) is 0 Å². The van der Waals surface area contributed by atoms with Crippen molar-refractivity contribution in [2.24, 2.45) is 0 Å². The molecule has 0 saturated carbocycles. The SMILES string of the molecule is CC/C=C\C=C/Cc1ccccc1-c1ccc(N(c2ccc(-c3cccc(-c4ccccc4)c3)cc2)c2cccc(-c3cccc4c3c3ccc5ccccc5c3n4C3=CCCC=C3)c2)cc1. The van der Waals surface area contributed by atoms with Gasteiger partial charge in [-0.2, -0.15) is 0 Å². The first-order valence-corrected chi connectivity index (χ1v) is 23.7. The summed E-state index contributed by atoms with van der Waals surface area (Å²) in [7, 11) is 0. The normalized spacial score (nSPS) is 12.8. The molecule has 0 saturated heterocycles. The Morgan fingerprint density at radius 3 is 1.93 bits per heavy atom. The number of allylic oxidation sites excluding steroid dienone is 8. The zero-order valence-electron chi connectivity index (χ0n) is 37.9. The number of benzene rings is 9. The summed E-state index contributed by atoms with van der Waals surface area (Å²) in [6.07, 6.45) is 19.8. The molecule has 1 aliphatic carbocycles. The molecule has 0 bridgehead atoms. The molecule has 0 atom stereocenters. The van der Waals surface area contributed by atoms with Gasteiger partial charge in [0.1, 0.15) is 0 Å². The van der Waals surface area contributed by atoms with Crippen molar-refractivity contribution in [2.45, 2.75) is 32.6 Å². The first-order valence-electron chi connectivity index (χ1n) is 23.7. The molecule has 10 aromatic rings. The molecular formula is C65H52N2. The van der Waals surface area contributed by atoms with Gasteiger partial charge in [-0.15, -0.1) is 0 Å². The Kier molecular flexibility index (Phi) is 11.6. The van der Waals surface area contributed by atoms with Crippen molar-refractivity contribution in [3.05, 3.63) is 254 Å². The zero-order chi connectivity index (χ0) is 44.9. The summed E-state index contributed by atoms with van der Waals surface area (Å²) < 4.78 is 2.50. The maximum Gasteiger partial charge on any atom is 0.0619 e. The average Bonchev–Trinajstić information content (AvgIpc) is 3.75. The van der Waals surface area contributed by atoms with Crippen LogP contribution >= 0.6 is 0 Å². The highest BCUT2D eigenvalue weighted by Gasteiger charge is 2.21. The van der Waals surface area contributed by atoms with Crippen molar-refractivity contribution < 1.29 is 0 Å². The third-order valence-corrected chi connectivity index (χ3v) is 13.2. The molecule has 2 heteroatoms. The van der Waals surface area contributed by atoms with Crippen molar-refractivity contribution in [3.63, 3.8) is 0 Å². The van der Waals surface area contributed by atoms with E-state index in [9.17, 15) is 0 Å². The van der Waals surface area contributed by atoms with E-state index >= 15 is 0 Å². The van der Waals surface area contributed by atoms with Gasteiger partial charge in [-0.1, -0.05) is 201 Å². The van der Waals surface area contributed by atoms with Gasteiger partial charge in [-0.25, -0.2) is 0 Å². The minimum atomic E-state index is 0.876. The van der Waals surface area contributed by atoms with Crippen LogP contribution in [0.1, 0.15) is 31.7 Å². The molecule has 2 nitrogen and oxygen atoms in total. The van der Waals surface area contributed by atoms with E-state index in [0.717, 1.165) is 42.7 Å². The highest BCUT2D eigenvalue weighted by molar-refractivity contribution is 6.23. The average molecular weight is 861 g/mol. The standard InChI is InChI=1S/C65H52N2/c1-2-3-4-5-8-22-49-23-13-15-31-59(49)51-37-42-57(43-38-51)66(56-40-35-48(36-41-56)53-26-17-25-52(45-53)47-20-9-6-10-21-47)58-30-18-27-54(46-58)60-33-19-34-63-64(60)62-44-39-50-24-14-16-32-61(50)65(62)67(63)55-28-11-7-12-29-55/h3-6,8-11,13-21,23-46H,2,7,12,22H2,1H3/b4-3-,8-5-. The van der Waals surface area contributed by atoms with Crippen molar-refractivity contribution in [1.29, 1.82) is 0 Å². The summed E-state index contributed by atoms with van der Waals surface area (Å²) in [5.41, 5.74) is 18.0. The van der Waals surface area contributed by atoms with E-state index < -0.39 is 0 Å². The number of rotatable bonds is 12. The van der Waals surface area contributed by atoms with Crippen LogP contribution in [0.2, 0.25) is 0 Å². The van der Waals surface area contributed by atoms with Crippen LogP contribution in [0.4, 0.5) is 17.1 Å². The summed E-state index contributed by atoms with van der Waals surface area (Å²) in [5, 5.41) is 5.05. The molecule has 0 unspecified atom stereocenters. The summed E-state index contributed by atoms with van der Waals surface area (Å²) in [6.45, 7) is 2.17. The van der Waals surface area contributed by atoms with E-state index in [1.54, 1.807) is 0 Å². The lowest BCUT2D eigenvalue weighted by atomic mass is 9.96. The molecule has 322 valence electrons. The van der Waals surface area contributed by atoms with Gasteiger partial charge in [-0.3, -0.25) is 0 Å². The number of hydrogen-bond acceptors (Lipinski definition) is 1. The van der Waals surface area contributed by atoms with Gasteiger partial charge >= 0.3 is 0 Å². The largest absolute Gasteiger partial charge is 0.310 e. The Morgan fingerprint density at radius 2 is 1.13 bits per heavy atom. The van der Waals surface area contributed by atoms with E-state index in [1.165, 1.54) is 88.3 Å². The summed E-state index contributed by atoms with van der Waals surface area (Å²) in [4.78, 5) is 2.40. The number of anilines is 3. The maximum absolute atomic E-state index is 2.50. The minimum Gasteiger partial charge on any atom is -0.310 e. The van der Waals surface area contributed by atoms with Crippen LogP contribution in [0.5, 0.6) is 0 Å². The van der Waals surface area contributed by atoms with Crippen LogP contribution in [0.3, 0.4) is 0 Å². The van der Waals surface area contributed by atoms with Gasteiger partial charge in [0, 0.05) is 38.9 Å². The lowest BCUT2D eigenvalue weighted by Gasteiger charge is -2.26. The zero-order valence-corrected chi connectivity index (χ0v) is 37.9. The second-order valence-corrected chi connectivity index (χ2v) is 17.4. The molecule has 0 radical (unpaired) electrons. The van der Waals surface area contributed by atoms with Crippen LogP contribution < -0.4 is 4.90 Å². The first kappa shape index (κ1) is 41.5. The molecule has 1 aromatic heterocycles. The predicted molar refractivity (Wildman–Crippen MR) is 288 cm³/mol. The number of hydrogen-bond donors (Lipinski definition) is 0. The Bertz CT molecular complexity index is 3510. The highest BCUT2D eigenvalue weighted by atomic mass is 15.1. The fourth-order valence-corrected chi connectivity index (χ4v) is 9.93. The maximum atomic E-state index is 2.50. The van der Waals surface area contributed by atoms with E-state index in [2.05, 4.69) is 265 Å². The molecule has 1 aliphatic rings. The first-order chi connectivity index (χ1) is 33.2. The van der Waals surface area contributed by atoms with E-state index in [1.807, 2.05) is 0 Å². The minimum absolute atomic E-state index is 0.876. The van der Waals surface area contributed by atoms with Crippen LogP contribution in [0.15, 0.2) is 249 Å². The second-order valence-electron chi connectivity index (χ2n) is 17.4. The van der Waals surface area contributed by atoms with Gasteiger partial charge in [0.05, 0.1) is 11.0 Å². The van der Waals surface area contributed by atoms with Crippen LogP contribution in [-0.2, 0) is 6.42 Å². The second kappa shape index (κ2) is 18.7. The van der Waals surface area contributed by atoms with E-state index in [4.69, 9.17) is 0 Å². The van der Waals surface area contributed by atoms with Gasteiger partial charge < -0.3 is 9.47 Å². The molecule has 0 aliphatic heterocycles. The molecule has 1 heterocycles. The van der Waals surface area contributed by atoms with Gasteiger partial charge in [0.15, 0.2) is 0 Å². The van der Waals surface area contributed by atoms with Crippen molar-refractivity contribution in [2.75, 3.05) is 4.90 Å². The Labute approximate surface area is 394 Å². The lowest BCUT2D eigenvalue weighted by Crippen LogP contribution is -2.10. The Hall–Kier alpha value is -8.20. The summed E-state index contributed by atoms with van der Waals surface area (Å²) in [5.74, 6) is 0. The van der Waals surface area contributed by atoms with Crippen LogP contribution in [0.25, 0.3) is 82.8 Å². The third-order valence-electron chi connectivity index (χ3n) is 13.2. The molecule has 67 heavy (non-hydrogen) atoms. The quantitative estimate of drug-likeness (QED) is 0.111. The fraction of sp³-hybridized carbons (Fsp3) is 0.0769. The Morgan fingerprint density at radius 1 is 0.478 bits per heavy atom. The molecule has 0 spiro atoms. The molecule has 0 amide bonds. The van der Waals surface area contributed by atoms with Gasteiger partial charge in [-0.05, 0) is 136 Å². The smallest absolute Gasteiger partial charge is 0.0619 e. The summed E-state index contributed by atoms with van der Waals surface area (Å²) in [6, 6.07) is 75.8. The highest BCUT2D eigenvalue weighted by Crippen LogP contribution is 2.44. The molecule has 11 rings (SSSR count). The number of fused-ring (bicyclic) bond motifs is 5. The molecule has 9 aromatic carbocycles. The topological polar surface area (TPSA) is 8.17 Å². The molecule has 0 N–H and O–H groups in total. The Balaban J connectivity index is 1.03. The monoisotopic (exact) mass is 860 g/mol. The van der Waals surface area contributed by atoms with Crippen molar-refractivity contribution in [3.8, 4) is 44.5 Å². The number of nitrogens with zero attached hydrogens (tertiary/aromatic N) is 2. The summed E-state index contributed by atoms with van der Waals surface area (Å²) >= 11 is 0. The van der Waals surface area contributed by atoms with Crippen molar-refractivity contribution in [1.82, 2.24) is 4.57 Å². The van der Waals surface area contributed by atoms with Crippen LogP contribution in [0, 0.1) is 0 Å². The lowest BCUT2D eigenvalue weighted by molar-refractivity contribution is 1.02. The third kappa shape index (κ3) is 8.24. The fourth-order valence-electron chi connectivity index (χ4n) is 9.93. The predicted octanol–water partition coefficient (Wildman–Crippen LogP) is 18.3. The van der Waals surface area contributed by atoms with Crippen molar-refractivity contribution >= 4 is 55.3 Å². The molecular weight excluding hydrogens is 809 g/mol. The molecule has 0 fully saturated rings. The van der Waals surface area contributed by atoms with Gasteiger partial charge in [0.2, 0.25) is 0 Å². The van der Waals surface area contributed by atoms with Crippen LogP contribution in [-0.4, -0.2) is 4.57 Å². The number of aromatic nitrogens is 1. The van der Waals surface area contributed by atoms with Gasteiger partial charge in [0.25, 0.3) is 0 Å². The van der Waals surface area contributed by atoms with E-state index in [0.29, 0.717) is 0 Å².